The average Bonchev–Trinajstić information content (AvgIpc) is 4.08. The second-order valence-electron chi connectivity index (χ2n) is 18.7. The maximum Gasteiger partial charge on any atom is 0.179 e. The second-order valence-corrected chi connectivity index (χ2v) is 29.9. The van der Waals surface area contributed by atoms with Crippen molar-refractivity contribution in [3.05, 3.63) is 79.1 Å². The van der Waals surface area contributed by atoms with Crippen LogP contribution in [0.25, 0.3) is 72.3 Å². The van der Waals surface area contributed by atoms with Crippen LogP contribution in [0, 0.1) is 6.92 Å². The fourth-order valence-electron chi connectivity index (χ4n) is 7.98. The smallest absolute Gasteiger partial charge is 0.179 e. The van der Waals surface area contributed by atoms with Crippen LogP contribution < -0.4 is 20.7 Å². The summed E-state index contributed by atoms with van der Waals surface area (Å²) in [4.78, 5) is 13.9. The highest BCUT2D eigenvalue weighted by molar-refractivity contribution is 6.76. The lowest BCUT2D eigenvalue weighted by molar-refractivity contribution is 0.0908. The second kappa shape index (κ2) is 17.8. The van der Waals surface area contributed by atoms with Gasteiger partial charge in [-0.1, -0.05) is 39.3 Å². The van der Waals surface area contributed by atoms with Gasteiger partial charge in [0.25, 0.3) is 0 Å². The summed E-state index contributed by atoms with van der Waals surface area (Å²) in [7, 11) is 5.15. The number of ether oxygens (including phenoxy) is 4. The van der Waals surface area contributed by atoms with Gasteiger partial charge in [0.05, 0.1) is 43.5 Å². The van der Waals surface area contributed by atoms with Crippen molar-refractivity contribution in [3.63, 3.8) is 0 Å². The number of nitrogens with two attached hydrogens (primary N) is 1. The van der Waals surface area contributed by atoms with Crippen LogP contribution in [0.3, 0.4) is 0 Å². The van der Waals surface area contributed by atoms with Crippen molar-refractivity contribution in [1.82, 2.24) is 47.8 Å². The van der Waals surface area contributed by atoms with E-state index in [0.29, 0.717) is 19.3 Å². The first kappa shape index (κ1) is 44.5. The van der Waals surface area contributed by atoms with Crippen LogP contribution in [0.5, 0.6) is 11.5 Å². The van der Waals surface area contributed by atoms with Gasteiger partial charge in [0, 0.05) is 88.8 Å². The van der Waals surface area contributed by atoms with E-state index in [-0.39, 0.29) is 0 Å². The van der Waals surface area contributed by atoms with Gasteiger partial charge >= 0.3 is 0 Å². The Morgan fingerprint density at radius 3 is 1.72 bits per heavy atom. The number of rotatable bonds is 15. The van der Waals surface area contributed by atoms with Crippen molar-refractivity contribution in [2.75, 3.05) is 32.9 Å². The van der Waals surface area contributed by atoms with E-state index in [9.17, 15) is 0 Å². The minimum absolute atomic E-state index is 0.410. The molecule has 9 rings (SSSR count). The zero-order valence-corrected chi connectivity index (χ0v) is 40.9. The molecule has 0 spiro atoms. The van der Waals surface area contributed by atoms with Crippen molar-refractivity contribution in [2.45, 2.75) is 71.8 Å². The van der Waals surface area contributed by atoms with Crippen LogP contribution in [0.2, 0.25) is 51.4 Å². The molecule has 7 aromatic heterocycles. The number of nitrogens with one attached hydrogen (secondary N) is 1. The summed E-state index contributed by atoms with van der Waals surface area (Å²) in [5.74, 6) is 8.56. The van der Waals surface area contributed by atoms with Gasteiger partial charge in [-0.05, 0) is 67.5 Å². The van der Waals surface area contributed by atoms with E-state index in [4.69, 9.17) is 29.8 Å². The number of hydrogen-bond donors (Lipinski definition) is 2. The topological polar surface area (TPSA) is 164 Å². The van der Waals surface area contributed by atoms with Crippen LogP contribution in [-0.2, 0) is 37.0 Å². The van der Waals surface area contributed by atoms with Crippen LogP contribution >= 0.6 is 0 Å². The fourth-order valence-corrected chi connectivity index (χ4v) is 9.49. The molecule has 2 aromatic carbocycles. The number of benzene rings is 2. The maximum atomic E-state index is 6.20. The SMILES string of the molecule is COc1ccc2c(c1)c(-c1cc3c(ncc4nnc(C)n43)n1COCC[Si](C)(C)C)cn2C.COc1ccc2c(c1)c(-c1cc3nc(NN)cnc3n1COCC[Si](C)(C)C)cn2C. The molecule has 336 valence electrons. The average molecular weight is 901 g/mol. The fraction of sp³-hybridized carbons (Fsp3) is 0.370. The normalized spacial score (nSPS) is 12.2. The monoisotopic (exact) mass is 900 g/mol. The third-order valence-corrected chi connectivity index (χ3v) is 15.0. The van der Waals surface area contributed by atoms with E-state index < -0.39 is 16.1 Å². The van der Waals surface area contributed by atoms with Gasteiger partial charge in [-0.2, -0.15) is 0 Å². The molecule has 3 N–H and O–H groups in total. The Kier molecular flexibility index (Phi) is 12.4. The number of nitrogens with zero attached hydrogens (tertiary/aromatic N) is 10. The molecule has 9 aromatic rings. The van der Waals surface area contributed by atoms with E-state index in [1.165, 1.54) is 0 Å². The molecular weight excluding hydrogens is 841 g/mol. The third-order valence-electron chi connectivity index (χ3n) is 11.6. The molecular formula is C46H60N12O4Si2. The molecule has 0 saturated carbocycles. The van der Waals surface area contributed by atoms with Gasteiger partial charge in [-0.25, -0.2) is 20.8 Å². The molecule has 0 atom stereocenters. The van der Waals surface area contributed by atoms with Crippen molar-refractivity contribution in [3.8, 4) is 34.0 Å². The summed E-state index contributed by atoms with van der Waals surface area (Å²) in [5, 5.41) is 10.7. The van der Waals surface area contributed by atoms with Crippen LogP contribution in [0.1, 0.15) is 5.82 Å². The lowest BCUT2D eigenvalue weighted by Crippen LogP contribution is -2.22. The summed E-state index contributed by atoms with van der Waals surface area (Å²) in [6, 6.07) is 18.7. The highest BCUT2D eigenvalue weighted by Crippen LogP contribution is 2.37. The van der Waals surface area contributed by atoms with Gasteiger partial charge in [0.15, 0.2) is 22.8 Å². The van der Waals surface area contributed by atoms with E-state index in [2.05, 4.69) is 137 Å². The first-order valence-corrected chi connectivity index (χ1v) is 28.9. The standard InChI is InChI=1S/C24H30N6O2Si.C22H30N6O2Si/c1-16-26-27-23-13-25-24-22(30(16)23)12-21(29(24)15-32-9-10-33(4,5)6)19-14-28(2)20-8-7-17(31-3)11-18(19)20;1-27-13-17(16-10-15(29-2)6-7-19(16)27)20-11-18-22(24-12-21(25-18)26-23)28(20)14-30-8-9-31(3,4)5/h7-8,11-14H,9-10,15H2,1-6H3;6-7,10-13H,8-9,14,23H2,1-5H3,(H,25,26). The first-order chi connectivity index (χ1) is 30.6. The third kappa shape index (κ3) is 9.01. The Morgan fingerprint density at radius 2 is 1.19 bits per heavy atom. The van der Waals surface area contributed by atoms with Gasteiger partial charge in [0.1, 0.15) is 36.3 Å². The van der Waals surface area contributed by atoms with E-state index in [1.54, 1.807) is 26.6 Å². The summed E-state index contributed by atoms with van der Waals surface area (Å²) in [5.41, 5.74) is 13.2. The van der Waals surface area contributed by atoms with Gasteiger partial charge < -0.3 is 33.5 Å². The lowest BCUT2D eigenvalue weighted by Gasteiger charge is -2.16. The Balaban J connectivity index is 0.000000175. The summed E-state index contributed by atoms with van der Waals surface area (Å²) in [6.45, 7) is 18.4. The molecule has 0 saturated heterocycles. The van der Waals surface area contributed by atoms with Gasteiger partial charge in [-0.3, -0.25) is 13.5 Å². The number of methoxy groups -OCH3 is 2. The number of aromatic nitrogens is 10. The molecule has 16 nitrogen and oxygen atoms in total. The molecule has 0 bridgehead atoms. The zero-order chi connectivity index (χ0) is 45.5. The largest absolute Gasteiger partial charge is 0.497 e. The van der Waals surface area contributed by atoms with Crippen LogP contribution in [0.4, 0.5) is 5.82 Å². The zero-order valence-electron chi connectivity index (χ0n) is 38.9. The number of anilines is 1. The number of hydrogen-bond acceptors (Lipinski definition) is 11. The molecule has 0 aliphatic heterocycles. The molecule has 7 heterocycles. The minimum Gasteiger partial charge on any atom is -0.497 e. The predicted octanol–water partition coefficient (Wildman–Crippen LogP) is 9.06. The molecule has 0 aliphatic carbocycles. The van der Waals surface area contributed by atoms with Crippen molar-refractivity contribution in [1.29, 1.82) is 0 Å². The number of hydrazine groups is 1. The van der Waals surface area contributed by atoms with E-state index >= 15 is 0 Å². The van der Waals surface area contributed by atoms with Crippen molar-refractivity contribution in [2.24, 2.45) is 19.9 Å². The van der Waals surface area contributed by atoms with Crippen molar-refractivity contribution < 1.29 is 18.9 Å². The predicted molar refractivity (Wildman–Crippen MR) is 261 cm³/mol. The summed E-state index contributed by atoms with van der Waals surface area (Å²) in [6.07, 6.45) is 7.69. The Morgan fingerprint density at radius 1 is 0.656 bits per heavy atom. The lowest BCUT2D eigenvalue weighted by atomic mass is 10.1. The highest BCUT2D eigenvalue weighted by Gasteiger charge is 2.22. The first-order valence-electron chi connectivity index (χ1n) is 21.5. The van der Waals surface area contributed by atoms with Gasteiger partial charge in [-0.15, -0.1) is 10.2 Å². The molecule has 18 heteroatoms. The summed E-state index contributed by atoms with van der Waals surface area (Å²) < 4.78 is 33.8. The van der Waals surface area contributed by atoms with Crippen LogP contribution in [0.15, 0.2) is 73.3 Å². The molecule has 0 radical (unpaired) electrons. The number of aryl methyl sites for hydroxylation is 3. The quantitative estimate of drug-likeness (QED) is 0.0437. The number of fused-ring (bicyclic) bond motifs is 6. The molecule has 0 fully saturated rings. The van der Waals surface area contributed by atoms with E-state index in [1.807, 2.05) is 32.2 Å². The number of nitrogen functional groups attached to an aromatic ring is 1. The Hall–Kier alpha value is -6.06. The Labute approximate surface area is 374 Å². The highest BCUT2D eigenvalue weighted by atomic mass is 28.3. The summed E-state index contributed by atoms with van der Waals surface area (Å²) >= 11 is 0. The molecule has 0 amide bonds. The molecule has 0 unspecified atom stereocenters. The van der Waals surface area contributed by atoms with E-state index in [0.717, 1.165) is 115 Å². The maximum absolute atomic E-state index is 6.20. The molecule has 64 heavy (non-hydrogen) atoms. The van der Waals surface area contributed by atoms with Crippen molar-refractivity contribution >= 4 is 71.7 Å². The Bertz CT molecular complexity index is 3110. The van der Waals surface area contributed by atoms with Crippen LogP contribution in [-0.4, -0.2) is 91.4 Å². The van der Waals surface area contributed by atoms with Gasteiger partial charge in [0.2, 0.25) is 0 Å². The molecule has 0 aliphatic rings. The minimum atomic E-state index is -1.18.